The Morgan fingerprint density at radius 1 is 1.56 bits per heavy atom. The van der Waals surface area contributed by atoms with Crippen LogP contribution in [0.4, 0.5) is 0 Å². The van der Waals surface area contributed by atoms with Crippen LogP contribution in [0.2, 0.25) is 0 Å². The van der Waals surface area contributed by atoms with Crippen LogP contribution in [0.1, 0.15) is 23.2 Å². The molecule has 0 bridgehead atoms. The van der Waals surface area contributed by atoms with Gasteiger partial charge in [-0.25, -0.2) is 0 Å². The predicted octanol–water partition coefficient (Wildman–Crippen LogP) is 1.31. The van der Waals surface area contributed by atoms with Crippen molar-refractivity contribution < 1.29 is 19.4 Å². The van der Waals surface area contributed by atoms with E-state index < -0.39 is 0 Å². The zero-order valence-corrected chi connectivity index (χ0v) is 10.3. The predicted molar refractivity (Wildman–Crippen MR) is 66.0 cm³/mol. The van der Waals surface area contributed by atoms with Gasteiger partial charge < -0.3 is 19.9 Å². The first-order chi connectivity index (χ1) is 8.72. The number of methoxy groups -OCH3 is 1. The van der Waals surface area contributed by atoms with Crippen LogP contribution in [0.25, 0.3) is 0 Å². The van der Waals surface area contributed by atoms with Gasteiger partial charge in [0.1, 0.15) is 0 Å². The second-order valence-corrected chi connectivity index (χ2v) is 4.24. The van der Waals surface area contributed by atoms with E-state index in [9.17, 15) is 9.90 Å². The summed E-state index contributed by atoms with van der Waals surface area (Å²) in [7, 11) is 1.45. The monoisotopic (exact) mass is 251 g/mol. The number of rotatable bonds is 3. The average Bonchev–Trinajstić information content (AvgIpc) is 2.40. The Balaban J connectivity index is 2.08. The number of ether oxygens (including phenoxy) is 2. The van der Waals surface area contributed by atoms with Crippen LogP contribution in [0.15, 0.2) is 18.2 Å². The lowest BCUT2D eigenvalue weighted by atomic mass is 10.1. The van der Waals surface area contributed by atoms with Crippen LogP contribution in [-0.4, -0.2) is 37.4 Å². The molecule has 1 amide bonds. The fourth-order valence-electron chi connectivity index (χ4n) is 1.99. The first-order valence-corrected chi connectivity index (χ1v) is 5.97. The van der Waals surface area contributed by atoms with E-state index in [0.717, 1.165) is 19.4 Å². The molecule has 1 saturated heterocycles. The number of aromatic hydroxyl groups is 1. The summed E-state index contributed by atoms with van der Waals surface area (Å²) in [4.78, 5) is 12.0. The van der Waals surface area contributed by atoms with Gasteiger partial charge in [-0.15, -0.1) is 0 Å². The second-order valence-electron chi connectivity index (χ2n) is 4.24. The largest absolute Gasteiger partial charge is 0.504 e. The number of phenols is 1. The zero-order valence-electron chi connectivity index (χ0n) is 10.3. The number of nitrogens with one attached hydrogen (secondary N) is 1. The SMILES string of the molecule is COc1cccc(C(=O)NC2CCCOC2)c1O. The quantitative estimate of drug-likeness (QED) is 0.850. The van der Waals surface area contributed by atoms with Gasteiger partial charge in [0.2, 0.25) is 0 Å². The van der Waals surface area contributed by atoms with E-state index in [1.54, 1.807) is 18.2 Å². The van der Waals surface area contributed by atoms with E-state index in [-0.39, 0.29) is 23.3 Å². The Bertz CT molecular complexity index is 427. The third-order valence-corrected chi connectivity index (χ3v) is 2.96. The summed E-state index contributed by atoms with van der Waals surface area (Å²) in [6.07, 6.45) is 1.84. The van der Waals surface area contributed by atoms with Gasteiger partial charge in [0, 0.05) is 6.61 Å². The molecule has 5 nitrogen and oxygen atoms in total. The molecule has 1 unspecified atom stereocenters. The fourth-order valence-corrected chi connectivity index (χ4v) is 1.99. The van der Waals surface area contributed by atoms with Gasteiger partial charge in [-0.1, -0.05) is 6.07 Å². The molecule has 98 valence electrons. The Kier molecular flexibility index (Phi) is 4.04. The Labute approximate surface area is 106 Å². The number of hydrogen-bond donors (Lipinski definition) is 2. The molecular weight excluding hydrogens is 234 g/mol. The van der Waals surface area contributed by atoms with Crippen molar-refractivity contribution in [3.8, 4) is 11.5 Å². The van der Waals surface area contributed by atoms with Gasteiger partial charge in [-0.2, -0.15) is 0 Å². The Hall–Kier alpha value is -1.75. The van der Waals surface area contributed by atoms with Crippen molar-refractivity contribution in [2.45, 2.75) is 18.9 Å². The molecule has 0 radical (unpaired) electrons. The number of amides is 1. The highest BCUT2D eigenvalue weighted by Crippen LogP contribution is 2.29. The second kappa shape index (κ2) is 5.73. The maximum atomic E-state index is 12.0. The highest BCUT2D eigenvalue weighted by Gasteiger charge is 2.20. The number of carbonyl (C=O) groups is 1. The van der Waals surface area contributed by atoms with E-state index >= 15 is 0 Å². The molecule has 0 aromatic heterocycles. The normalized spacial score (nSPS) is 19.3. The molecule has 1 fully saturated rings. The van der Waals surface area contributed by atoms with E-state index in [1.807, 2.05) is 0 Å². The lowest BCUT2D eigenvalue weighted by molar-refractivity contribution is 0.0623. The lowest BCUT2D eigenvalue weighted by Crippen LogP contribution is -2.40. The molecule has 1 aliphatic heterocycles. The summed E-state index contributed by atoms with van der Waals surface area (Å²) in [6, 6.07) is 4.86. The number of phenolic OH excluding ortho intramolecular Hbond substituents is 1. The van der Waals surface area contributed by atoms with Crippen LogP contribution in [-0.2, 0) is 4.74 Å². The molecule has 0 spiro atoms. The third kappa shape index (κ3) is 2.73. The molecule has 18 heavy (non-hydrogen) atoms. The van der Waals surface area contributed by atoms with Crippen LogP contribution >= 0.6 is 0 Å². The van der Waals surface area contributed by atoms with Crippen molar-refractivity contribution in [1.82, 2.24) is 5.32 Å². The molecule has 1 aromatic carbocycles. The third-order valence-electron chi connectivity index (χ3n) is 2.96. The molecular formula is C13H17NO4. The highest BCUT2D eigenvalue weighted by atomic mass is 16.5. The number of hydrogen-bond acceptors (Lipinski definition) is 4. The van der Waals surface area contributed by atoms with E-state index in [0.29, 0.717) is 12.4 Å². The molecule has 5 heteroatoms. The van der Waals surface area contributed by atoms with Gasteiger partial charge >= 0.3 is 0 Å². The number of carbonyl (C=O) groups excluding carboxylic acids is 1. The van der Waals surface area contributed by atoms with Crippen LogP contribution in [0.3, 0.4) is 0 Å². The molecule has 1 atom stereocenters. The van der Waals surface area contributed by atoms with Crippen molar-refractivity contribution in [3.63, 3.8) is 0 Å². The lowest BCUT2D eigenvalue weighted by Gasteiger charge is -2.23. The Morgan fingerprint density at radius 3 is 3.06 bits per heavy atom. The molecule has 0 aliphatic carbocycles. The topological polar surface area (TPSA) is 67.8 Å². The van der Waals surface area contributed by atoms with Crippen LogP contribution < -0.4 is 10.1 Å². The molecule has 2 N–H and O–H groups in total. The highest BCUT2D eigenvalue weighted by molar-refractivity contribution is 5.97. The molecule has 1 aromatic rings. The van der Waals surface area contributed by atoms with Crippen molar-refractivity contribution in [1.29, 1.82) is 0 Å². The van der Waals surface area contributed by atoms with Gasteiger partial charge in [0.25, 0.3) is 5.91 Å². The van der Waals surface area contributed by atoms with Crippen LogP contribution in [0, 0.1) is 0 Å². The minimum Gasteiger partial charge on any atom is -0.504 e. The van der Waals surface area contributed by atoms with Gasteiger partial charge in [-0.05, 0) is 25.0 Å². The van der Waals surface area contributed by atoms with Gasteiger partial charge in [-0.3, -0.25) is 4.79 Å². The summed E-state index contributed by atoms with van der Waals surface area (Å²) < 4.78 is 10.3. The van der Waals surface area contributed by atoms with Crippen LogP contribution in [0.5, 0.6) is 11.5 Å². The molecule has 0 saturated carbocycles. The zero-order chi connectivity index (χ0) is 13.0. The minimum absolute atomic E-state index is 0.0110. The maximum Gasteiger partial charge on any atom is 0.255 e. The summed E-state index contributed by atoms with van der Waals surface area (Å²) in [5, 5.41) is 12.7. The average molecular weight is 251 g/mol. The Morgan fingerprint density at radius 2 is 2.39 bits per heavy atom. The number of benzene rings is 1. The summed E-state index contributed by atoms with van der Waals surface area (Å²) >= 11 is 0. The van der Waals surface area contributed by atoms with Crippen molar-refractivity contribution in [2.75, 3.05) is 20.3 Å². The summed E-state index contributed by atoms with van der Waals surface area (Å²) in [6.45, 7) is 1.27. The smallest absolute Gasteiger partial charge is 0.255 e. The van der Waals surface area contributed by atoms with E-state index in [4.69, 9.17) is 9.47 Å². The van der Waals surface area contributed by atoms with Gasteiger partial charge in [0.15, 0.2) is 11.5 Å². The fraction of sp³-hybridized carbons (Fsp3) is 0.462. The molecule has 1 heterocycles. The van der Waals surface area contributed by atoms with Crippen molar-refractivity contribution >= 4 is 5.91 Å². The minimum atomic E-state index is -0.304. The van der Waals surface area contributed by atoms with Gasteiger partial charge in [0.05, 0.1) is 25.3 Å². The van der Waals surface area contributed by atoms with Crippen molar-refractivity contribution in [2.24, 2.45) is 0 Å². The van der Waals surface area contributed by atoms with Crippen molar-refractivity contribution in [3.05, 3.63) is 23.8 Å². The standard InChI is InChI=1S/C13H17NO4/c1-17-11-6-2-5-10(12(11)15)13(16)14-9-4-3-7-18-8-9/h2,5-6,9,15H,3-4,7-8H2,1H3,(H,14,16). The first-order valence-electron chi connectivity index (χ1n) is 5.97. The summed E-state index contributed by atoms with van der Waals surface area (Å²) in [5.74, 6) is -0.140. The van der Waals surface area contributed by atoms with E-state index in [1.165, 1.54) is 7.11 Å². The molecule has 1 aliphatic rings. The van der Waals surface area contributed by atoms with E-state index in [2.05, 4.69) is 5.32 Å². The number of para-hydroxylation sites is 1. The molecule has 2 rings (SSSR count). The summed E-state index contributed by atoms with van der Waals surface area (Å²) in [5.41, 5.74) is 0.222. The first kappa shape index (κ1) is 12.7. The maximum absolute atomic E-state index is 12.0.